The first-order chi connectivity index (χ1) is 12.0. The maximum atomic E-state index is 12.1. The molecule has 0 aromatic heterocycles. The second-order valence-electron chi connectivity index (χ2n) is 6.45. The average Bonchev–Trinajstić information content (AvgIpc) is 2.83. The van der Waals surface area contributed by atoms with Crippen LogP contribution in [0.4, 0.5) is 0 Å². The fourth-order valence-electron chi connectivity index (χ4n) is 3.00. The van der Waals surface area contributed by atoms with Crippen molar-refractivity contribution in [2.24, 2.45) is 11.8 Å². The molecule has 5 heteroatoms. The van der Waals surface area contributed by atoms with Crippen molar-refractivity contribution >= 4 is 11.8 Å². The van der Waals surface area contributed by atoms with Crippen LogP contribution in [-0.4, -0.2) is 39.3 Å². The number of aliphatic carboxylic acids is 1. The molecule has 1 unspecified atom stereocenters. The van der Waals surface area contributed by atoms with E-state index in [1.165, 1.54) is 0 Å². The Balaban J connectivity index is 2.46. The third kappa shape index (κ3) is 7.80. The molecule has 0 bridgehead atoms. The molecule has 0 amide bonds. The lowest BCUT2D eigenvalue weighted by Gasteiger charge is -2.15. The number of carboxylic acids is 1. The van der Waals surface area contributed by atoms with E-state index in [9.17, 15) is 19.8 Å². The highest BCUT2D eigenvalue weighted by Crippen LogP contribution is 2.33. The molecular formula is C20H30O5. The Kier molecular flexibility index (Phi) is 10.0. The van der Waals surface area contributed by atoms with Gasteiger partial charge in [-0.25, -0.2) is 4.79 Å². The van der Waals surface area contributed by atoms with E-state index < -0.39 is 18.2 Å². The summed E-state index contributed by atoms with van der Waals surface area (Å²) in [4.78, 5) is 22.6. The van der Waals surface area contributed by atoms with E-state index in [-0.39, 0.29) is 30.5 Å². The van der Waals surface area contributed by atoms with Crippen LogP contribution in [0.3, 0.4) is 0 Å². The fourth-order valence-corrected chi connectivity index (χ4v) is 3.00. The van der Waals surface area contributed by atoms with Crippen molar-refractivity contribution in [2.75, 3.05) is 0 Å². The molecule has 25 heavy (non-hydrogen) atoms. The average molecular weight is 350 g/mol. The van der Waals surface area contributed by atoms with Crippen LogP contribution in [0.1, 0.15) is 51.9 Å². The van der Waals surface area contributed by atoms with Gasteiger partial charge in [0.05, 0.1) is 6.10 Å². The molecule has 3 N–H and O–H groups in total. The highest BCUT2D eigenvalue weighted by molar-refractivity contribution is 5.84. The number of carboxylic acid groups (broad SMARTS) is 1. The van der Waals surface area contributed by atoms with Crippen molar-refractivity contribution in [3.05, 3.63) is 36.5 Å². The van der Waals surface area contributed by atoms with Gasteiger partial charge >= 0.3 is 5.97 Å². The highest BCUT2D eigenvalue weighted by Gasteiger charge is 2.38. The number of hydrogen-bond donors (Lipinski definition) is 3. The molecule has 140 valence electrons. The van der Waals surface area contributed by atoms with Gasteiger partial charge in [0.2, 0.25) is 0 Å². The van der Waals surface area contributed by atoms with Gasteiger partial charge in [0.1, 0.15) is 5.78 Å². The zero-order valence-corrected chi connectivity index (χ0v) is 14.9. The summed E-state index contributed by atoms with van der Waals surface area (Å²) in [6.07, 6.45) is 14.1. The van der Waals surface area contributed by atoms with Crippen molar-refractivity contribution in [3.63, 3.8) is 0 Å². The predicted octanol–water partition coefficient (Wildman–Crippen LogP) is 3.03. The molecule has 0 radical (unpaired) electrons. The summed E-state index contributed by atoms with van der Waals surface area (Å²) in [5, 5.41) is 27.9. The van der Waals surface area contributed by atoms with Gasteiger partial charge in [0.25, 0.3) is 0 Å². The highest BCUT2D eigenvalue weighted by atomic mass is 16.4. The number of rotatable bonds is 11. The molecule has 5 nitrogen and oxygen atoms in total. The monoisotopic (exact) mass is 350 g/mol. The maximum absolute atomic E-state index is 12.1. The zero-order chi connectivity index (χ0) is 18.7. The van der Waals surface area contributed by atoms with Crippen LogP contribution in [-0.2, 0) is 9.59 Å². The van der Waals surface area contributed by atoms with Crippen LogP contribution in [0, 0.1) is 11.8 Å². The van der Waals surface area contributed by atoms with E-state index in [4.69, 9.17) is 5.11 Å². The first kappa shape index (κ1) is 21.3. The molecule has 1 rings (SSSR count). The maximum Gasteiger partial charge on any atom is 0.332 e. The van der Waals surface area contributed by atoms with Crippen molar-refractivity contribution in [3.8, 4) is 0 Å². The summed E-state index contributed by atoms with van der Waals surface area (Å²) in [6.45, 7) is 2.09. The Labute approximate surface area is 149 Å². The van der Waals surface area contributed by atoms with E-state index in [2.05, 4.69) is 19.1 Å². The molecule has 0 aliphatic heterocycles. The predicted molar refractivity (Wildman–Crippen MR) is 97.0 cm³/mol. The molecule has 1 fully saturated rings. The lowest BCUT2D eigenvalue weighted by Crippen LogP contribution is -2.18. The van der Waals surface area contributed by atoms with Crippen LogP contribution in [0.5, 0.6) is 0 Å². The smallest absolute Gasteiger partial charge is 0.332 e. The number of carbonyl (C=O) groups excluding carboxylic acids is 1. The second kappa shape index (κ2) is 11.8. The second-order valence-corrected chi connectivity index (χ2v) is 6.45. The summed E-state index contributed by atoms with van der Waals surface area (Å²) in [7, 11) is 0. The minimum absolute atomic E-state index is 0.0725. The fraction of sp³-hybridized carbons (Fsp3) is 0.600. The van der Waals surface area contributed by atoms with Gasteiger partial charge < -0.3 is 15.3 Å². The molecule has 0 aromatic rings. The van der Waals surface area contributed by atoms with E-state index in [1.807, 2.05) is 18.2 Å². The Morgan fingerprint density at radius 1 is 1.16 bits per heavy atom. The number of carbonyl (C=O) groups is 2. The van der Waals surface area contributed by atoms with Crippen LogP contribution in [0.2, 0.25) is 0 Å². The van der Waals surface area contributed by atoms with Crippen molar-refractivity contribution in [1.82, 2.24) is 0 Å². The van der Waals surface area contributed by atoms with E-state index in [0.717, 1.165) is 19.3 Å². The molecule has 0 saturated heterocycles. The quantitative estimate of drug-likeness (QED) is 0.393. The lowest BCUT2D eigenvalue weighted by atomic mass is 9.90. The molecule has 1 aliphatic rings. The molecular weight excluding hydrogens is 320 g/mol. The van der Waals surface area contributed by atoms with Gasteiger partial charge in [-0.2, -0.15) is 0 Å². The number of aliphatic hydroxyl groups is 2. The molecule has 1 aliphatic carbocycles. The number of allylic oxidation sites excluding steroid dienone is 5. The third-order valence-corrected chi connectivity index (χ3v) is 4.44. The summed E-state index contributed by atoms with van der Waals surface area (Å²) in [5.41, 5.74) is 0. The van der Waals surface area contributed by atoms with Crippen LogP contribution in [0.15, 0.2) is 36.5 Å². The van der Waals surface area contributed by atoms with Crippen molar-refractivity contribution in [1.29, 1.82) is 0 Å². The SMILES string of the molecule is CC/C=C/CC/C=C/[C@H]1[C@H](O)CC(=O)[C@@H]1C/C=C\CCC(O)C(=O)O. The van der Waals surface area contributed by atoms with E-state index >= 15 is 0 Å². The largest absolute Gasteiger partial charge is 0.479 e. The van der Waals surface area contributed by atoms with Gasteiger partial charge in [-0.3, -0.25) is 4.79 Å². The van der Waals surface area contributed by atoms with Crippen LogP contribution < -0.4 is 0 Å². The van der Waals surface area contributed by atoms with Crippen LogP contribution in [0.25, 0.3) is 0 Å². The summed E-state index contributed by atoms with van der Waals surface area (Å²) >= 11 is 0. The molecule has 0 heterocycles. The standard InChI is InChI=1S/C20H30O5/c1-2-3-4-5-6-8-11-15-16(19(23)14-18(15)22)12-9-7-10-13-17(21)20(24)25/h3-4,7-9,11,15-18,21-22H,2,5-6,10,12-14H2,1H3,(H,24,25)/b4-3+,9-7-,11-8+/t15-,16-,17?,18-/m1/s1. The van der Waals surface area contributed by atoms with Gasteiger partial charge in [0.15, 0.2) is 6.10 Å². The molecule has 1 saturated carbocycles. The number of Topliss-reactive ketones (excluding diaryl/α,β-unsaturated/α-hetero) is 1. The molecule has 4 atom stereocenters. The molecule has 0 spiro atoms. The Morgan fingerprint density at radius 2 is 1.84 bits per heavy atom. The lowest BCUT2D eigenvalue weighted by molar-refractivity contribution is -0.146. The van der Waals surface area contributed by atoms with Crippen molar-refractivity contribution in [2.45, 2.75) is 64.1 Å². The summed E-state index contributed by atoms with van der Waals surface area (Å²) < 4.78 is 0. The topological polar surface area (TPSA) is 94.8 Å². The van der Waals surface area contributed by atoms with Gasteiger partial charge in [0, 0.05) is 18.3 Å². The minimum atomic E-state index is -1.35. The number of hydrogen-bond acceptors (Lipinski definition) is 4. The Morgan fingerprint density at radius 3 is 2.52 bits per heavy atom. The normalized spacial score (nSPS) is 25.6. The Bertz CT molecular complexity index is 506. The van der Waals surface area contributed by atoms with Gasteiger partial charge in [-0.05, 0) is 38.5 Å². The summed E-state index contributed by atoms with van der Waals surface area (Å²) in [5.74, 6) is -1.53. The van der Waals surface area contributed by atoms with Gasteiger partial charge in [-0.1, -0.05) is 43.4 Å². The Hall–Kier alpha value is -1.72. The minimum Gasteiger partial charge on any atom is -0.479 e. The van der Waals surface area contributed by atoms with E-state index in [1.54, 1.807) is 6.08 Å². The first-order valence-electron chi connectivity index (χ1n) is 9.05. The summed E-state index contributed by atoms with van der Waals surface area (Å²) in [6, 6.07) is 0. The zero-order valence-electron chi connectivity index (χ0n) is 14.9. The van der Waals surface area contributed by atoms with E-state index in [0.29, 0.717) is 12.8 Å². The number of ketones is 1. The van der Waals surface area contributed by atoms with Crippen LogP contribution >= 0.6 is 0 Å². The number of unbranched alkanes of at least 4 members (excludes halogenated alkanes) is 1. The third-order valence-electron chi connectivity index (χ3n) is 4.44. The van der Waals surface area contributed by atoms with Crippen molar-refractivity contribution < 1.29 is 24.9 Å². The first-order valence-corrected chi connectivity index (χ1v) is 9.05. The molecule has 0 aromatic carbocycles. The van der Waals surface area contributed by atoms with Gasteiger partial charge in [-0.15, -0.1) is 0 Å². The number of aliphatic hydroxyl groups excluding tert-OH is 2.